The van der Waals surface area contributed by atoms with Gasteiger partial charge >= 0.3 is 5.51 Å². The standard InChI is InChI=1S/C10H13F3N2O4S2/c11-10(12,13)20(16,17)8-4-1-2-5-9(8)21(18,19)15-7-3-6-14/h1-2,4-5,15H,3,6-7,14H2. The van der Waals surface area contributed by atoms with Crippen molar-refractivity contribution in [1.29, 1.82) is 0 Å². The number of nitrogens with one attached hydrogen (secondary N) is 1. The monoisotopic (exact) mass is 346 g/mol. The van der Waals surface area contributed by atoms with Crippen LogP contribution in [0.15, 0.2) is 34.1 Å². The lowest BCUT2D eigenvalue weighted by Gasteiger charge is -2.13. The van der Waals surface area contributed by atoms with E-state index in [2.05, 4.69) is 0 Å². The third-order valence-electron chi connectivity index (χ3n) is 2.41. The fraction of sp³-hybridized carbons (Fsp3) is 0.400. The van der Waals surface area contributed by atoms with Crippen LogP contribution >= 0.6 is 0 Å². The molecule has 0 atom stereocenters. The molecule has 3 N–H and O–H groups in total. The highest BCUT2D eigenvalue weighted by Gasteiger charge is 2.48. The van der Waals surface area contributed by atoms with E-state index in [-0.39, 0.29) is 19.5 Å². The molecule has 1 aromatic rings. The highest BCUT2D eigenvalue weighted by molar-refractivity contribution is 7.94. The van der Waals surface area contributed by atoms with Crippen molar-refractivity contribution in [2.24, 2.45) is 5.73 Å². The van der Waals surface area contributed by atoms with Crippen molar-refractivity contribution in [3.05, 3.63) is 24.3 Å². The molecule has 0 amide bonds. The second-order valence-electron chi connectivity index (χ2n) is 3.94. The van der Waals surface area contributed by atoms with E-state index in [4.69, 9.17) is 5.73 Å². The number of benzene rings is 1. The summed E-state index contributed by atoms with van der Waals surface area (Å²) in [6.07, 6.45) is 0.257. The van der Waals surface area contributed by atoms with E-state index in [9.17, 15) is 30.0 Å². The first kappa shape index (κ1) is 17.9. The zero-order valence-corrected chi connectivity index (χ0v) is 12.2. The fourth-order valence-electron chi connectivity index (χ4n) is 1.41. The molecule has 11 heteroatoms. The molecular weight excluding hydrogens is 333 g/mol. The minimum atomic E-state index is -5.76. The normalized spacial score (nSPS) is 13.3. The third kappa shape index (κ3) is 3.93. The number of sulfone groups is 1. The van der Waals surface area contributed by atoms with Gasteiger partial charge in [0.15, 0.2) is 0 Å². The summed E-state index contributed by atoms with van der Waals surface area (Å²) in [4.78, 5) is -2.25. The molecule has 0 aliphatic carbocycles. The molecular formula is C10H13F3N2O4S2. The van der Waals surface area contributed by atoms with Crippen molar-refractivity contribution in [2.45, 2.75) is 21.7 Å². The van der Waals surface area contributed by atoms with E-state index in [0.717, 1.165) is 18.2 Å². The van der Waals surface area contributed by atoms with Crippen molar-refractivity contribution < 1.29 is 30.0 Å². The van der Waals surface area contributed by atoms with Gasteiger partial charge in [-0.2, -0.15) is 13.2 Å². The SMILES string of the molecule is NCCCNS(=O)(=O)c1ccccc1S(=O)(=O)C(F)(F)F. The minimum Gasteiger partial charge on any atom is -0.330 e. The van der Waals surface area contributed by atoms with Gasteiger partial charge in [0.1, 0.15) is 4.90 Å². The van der Waals surface area contributed by atoms with E-state index in [0.29, 0.717) is 6.07 Å². The molecule has 1 aromatic carbocycles. The molecule has 120 valence electrons. The molecule has 0 saturated heterocycles. The van der Waals surface area contributed by atoms with E-state index in [1.807, 2.05) is 4.72 Å². The van der Waals surface area contributed by atoms with Crippen LogP contribution in [0.5, 0.6) is 0 Å². The average Bonchev–Trinajstić information content (AvgIpc) is 2.37. The Balaban J connectivity index is 3.36. The van der Waals surface area contributed by atoms with Crippen LogP contribution in [-0.2, 0) is 19.9 Å². The Hall–Kier alpha value is -1.17. The van der Waals surface area contributed by atoms with Crippen LogP contribution in [0.2, 0.25) is 0 Å². The number of rotatable bonds is 6. The Morgan fingerprint density at radius 3 is 2.05 bits per heavy atom. The number of hydrogen-bond donors (Lipinski definition) is 2. The van der Waals surface area contributed by atoms with Gasteiger partial charge in [0, 0.05) is 6.54 Å². The van der Waals surface area contributed by atoms with Gasteiger partial charge in [-0.05, 0) is 25.1 Å². The fourth-order valence-corrected chi connectivity index (χ4v) is 4.06. The molecule has 0 fully saturated rings. The molecule has 21 heavy (non-hydrogen) atoms. The summed E-state index contributed by atoms with van der Waals surface area (Å²) < 4.78 is 86.4. The van der Waals surface area contributed by atoms with Gasteiger partial charge in [-0.25, -0.2) is 21.6 Å². The number of halogens is 3. The van der Waals surface area contributed by atoms with Crippen LogP contribution in [-0.4, -0.2) is 35.4 Å². The maximum atomic E-state index is 12.6. The summed E-state index contributed by atoms with van der Waals surface area (Å²) >= 11 is 0. The van der Waals surface area contributed by atoms with Crippen LogP contribution in [0.3, 0.4) is 0 Å². The molecule has 0 aliphatic heterocycles. The van der Waals surface area contributed by atoms with Crippen molar-refractivity contribution in [2.75, 3.05) is 13.1 Å². The summed E-state index contributed by atoms with van der Waals surface area (Å²) in [6, 6.07) is 3.54. The van der Waals surface area contributed by atoms with Crippen molar-refractivity contribution in [3.63, 3.8) is 0 Å². The largest absolute Gasteiger partial charge is 0.501 e. The van der Waals surface area contributed by atoms with Gasteiger partial charge in [0.05, 0.1) is 4.90 Å². The van der Waals surface area contributed by atoms with Crippen molar-refractivity contribution in [3.8, 4) is 0 Å². The lowest BCUT2D eigenvalue weighted by molar-refractivity contribution is -0.0437. The first-order valence-electron chi connectivity index (χ1n) is 5.64. The second kappa shape index (κ2) is 6.30. The molecule has 0 aromatic heterocycles. The lowest BCUT2D eigenvalue weighted by Crippen LogP contribution is -2.30. The van der Waals surface area contributed by atoms with Gasteiger partial charge < -0.3 is 5.73 Å². The quantitative estimate of drug-likeness (QED) is 0.734. The third-order valence-corrected chi connectivity index (χ3v) is 5.60. The molecule has 0 spiro atoms. The van der Waals surface area contributed by atoms with Crippen molar-refractivity contribution >= 4 is 19.9 Å². The lowest BCUT2D eigenvalue weighted by atomic mass is 10.4. The second-order valence-corrected chi connectivity index (χ2v) is 7.58. The van der Waals surface area contributed by atoms with Gasteiger partial charge in [-0.1, -0.05) is 12.1 Å². The number of hydrogen-bond acceptors (Lipinski definition) is 5. The molecule has 0 heterocycles. The smallest absolute Gasteiger partial charge is 0.330 e. The van der Waals surface area contributed by atoms with Crippen LogP contribution < -0.4 is 10.5 Å². The number of sulfonamides is 1. The predicted octanol–water partition coefficient (Wildman–Crippen LogP) is 0.607. The maximum absolute atomic E-state index is 12.6. The molecule has 0 aliphatic rings. The Kier molecular flexibility index (Phi) is 5.36. The molecule has 0 bridgehead atoms. The van der Waals surface area contributed by atoms with Crippen LogP contribution in [0.1, 0.15) is 6.42 Å². The Morgan fingerprint density at radius 2 is 1.57 bits per heavy atom. The van der Waals surface area contributed by atoms with Crippen LogP contribution in [0, 0.1) is 0 Å². The highest BCUT2D eigenvalue weighted by Crippen LogP contribution is 2.33. The van der Waals surface area contributed by atoms with E-state index >= 15 is 0 Å². The molecule has 1 rings (SSSR count). The first-order chi connectivity index (χ1) is 9.54. The van der Waals surface area contributed by atoms with E-state index in [1.54, 1.807) is 0 Å². The van der Waals surface area contributed by atoms with Gasteiger partial charge in [-0.15, -0.1) is 0 Å². The van der Waals surface area contributed by atoms with Gasteiger partial charge in [0.2, 0.25) is 10.0 Å². The maximum Gasteiger partial charge on any atom is 0.501 e. The molecule has 0 radical (unpaired) electrons. The summed E-state index contributed by atoms with van der Waals surface area (Å²) in [5, 5.41) is 0. The Labute approximate surface area is 120 Å². The van der Waals surface area contributed by atoms with Crippen LogP contribution in [0.4, 0.5) is 13.2 Å². The Morgan fingerprint density at radius 1 is 1.05 bits per heavy atom. The van der Waals surface area contributed by atoms with Gasteiger partial charge in [-0.3, -0.25) is 0 Å². The summed E-state index contributed by atoms with van der Waals surface area (Å²) in [6.45, 7) is 0.0598. The molecule has 0 saturated carbocycles. The average molecular weight is 346 g/mol. The molecule has 6 nitrogen and oxygen atoms in total. The molecule has 0 unspecified atom stereocenters. The topological polar surface area (TPSA) is 106 Å². The number of alkyl halides is 3. The van der Waals surface area contributed by atoms with Crippen LogP contribution in [0.25, 0.3) is 0 Å². The van der Waals surface area contributed by atoms with Gasteiger partial charge in [0.25, 0.3) is 9.84 Å². The van der Waals surface area contributed by atoms with E-state index < -0.39 is 35.2 Å². The predicted molar refractivity (Wildman–Crippen MR) is 68.5 cm³/mol. The first-order valence-corrected chi connectivity index (χ1v) is 8.61. The highest BCUT2D eigenvalue weighted by atomic mass is 32.2. The summed E-state index contributed by atoms with van der Waals surface area (Å²) in [5.41, 5.74) is -0.414. The minimum absolute atomic E-state index is 0.112. The summed E-state index contributed by atoms with van der Waals surface area (Å²) in [5.74, 6) is 0. The Bertz CT molecular complexity index is 699. The zero-order chi connectivity index (χ0) is 16.3. The van der Waals surface area contributed by atoms with E-state index in [1.165, 1.54) is 0 Å². The summed E-state index contributed by atoms with van der Waals surface area (Å²) in [7, 11) is -10.2. The number of nitrogens with two attached hydrogens (primary N) is 1. The zero-order valence-electron chi connectivity index (χ0n) is 10.6. The van der Waals surface area contributed by atoms with Crippen molar-refractivity contribution in [1.82, 2.24) is 4.72 Å².